The van der Waals surface area contributed by atoms with Crippen molar-refractivity contribution >= 4 is 28.2 Å². The Morgan fingerprint density at radius 3 is 2.67 bits per heavy atom. The van der Waals surface area contributed by atoms with Crippen molar-refractivity contribution in [3.63, 3.8) is 0 Å². The number of nitro groups is 1. The monoisotopic (exact) mass is 325 g/mol. The maximum Gasteiger partial charge on any atom is 0.295 e. The third-order valence-corrected chi connectivity index (χ3v) is 3.51. The molecule has 24 heavy (non-hydrogen) atoms. The van der Waals surface area contributed by atoms with E-state index in [1.165, 1.54) is 47.3 Å². The minimum atomic E-state index is -0.612. The van der Waals surface area contributed by atoms with Gasteiger partial charge in [0, 0.05) is 42.5 Å². The summed E-state index contributed by atoms with van der Waals surface area (Å²) in [6.45, 7) is 0. The molecular formula is C15H11N5O4. The summed E-state index contributed by atoms with van der Waals surface area (Å²) in [5.74, 6) is -0.851. The molecule has 2 aromatic heterocycles. The molecule has 0 unspecified atom stereocenters. The molecule has 0 radical (unpaired) electrons. The fraction of sp³-hybridized carbons (Fsp3) is 0.0667. The van der Waals surface area contributed by atoms with E-state index < -0.39 is 10.8 Å². The molecule has 0 bridgehead atoms. The first-order valence-electron chi connectivity index (χ1n) is 6.81. The predicted molar refractivity (Wildman–Crippen MR) is 84.3 cm³/mol. The van der Waals surface area contributed by atoms with Gasteiger partial charge in [0.15, 0.2) is 5.69 Å². The van der Waals surface area contributed by atoms with Crippen LogP contribution in [0.5, 0.6) is 5.88 Å². The second-order valence-electron chi connectivity index (χ2n) is 4.93. The lowest BCUT2D eigenvalue weighted by atomic mass is 10.2. The van der Waals surface area contributed by atoms with Crippen molar-refractivity contribution in [1.82, 2.24) is 9.55 Å². The SMILES string of the molecule is Cn1c(O)c(N=NC(=O)c2ccncc2)c2cc([N+](=O)[O-])ccc21. The van der Waals surface area contributed by atoms with Gasteiger partial charge in [-0.3, -0.25) is 19.9 Å². The lowest BCUT2D eigenvalue weighted by molar-refractivity contribution is -0.384. The van der Waals surface area contributed by atoms with Crippen molar-refractivity contribution < 1.29 is 14.8 Å². The number of aryl methyl sites for hydroxylation is 1. The number of non-ortho nitro benzene ring substituents is 1. The van der Waals surface area contributed by atoms with Crippen LogP contribution in [0.25, 0.3) is 10.9 Å². The summed E-state index contributed by atoms with van der Waals surface area (Å²) in [7, 11) is 1.58. The summed E-state index contributed by atoms with van der Waals surface area (Å²) in [6.07, 6.45) is 2.89. The minimum Gasteiger partial charge on any atom is -0.493 e. The van der Waals surface area contributed by atoms with E-state index in [0.717, 1.165) is 0 Å². The van der Waals surface area contributed by atoms with Gasteiger partial charge in [-0.25, -0.2) is 0 Å². The third-order valence-electron chi connectivity index (χ3n) is 3.51. The number of aromatic hydroxyl groups is 1. The van der Waals surface area contributed by atoms with E-state index in [2.05, 4.69) is 15.2 Å². The molecule has 3 aromatic rings. The molecule has 0 aliphatic heterocycles. The summed E-state index contributed by atoms with van der Waals surface area (Å²) >= 11 is 0. The number of nitro benzene ring substituents is 1. The number of pyridine rings is 1. The molecular weight excluding hydrogens is 314 g/mol. The number of hydrogen-bond donors (Lipinski definition) is 1. The van der Waals surface area contributed by atoms with Crippen LogP contribution in [0.3, 0.4) is 0 Å². The zero-order valence-corrected chi connectivity index (χ0v) is 12.4. The summed E-state index contributed by atoms with van der Waals surface area (Å²) < 4.78 is 1.41. The molecule has 1 N–H and O–H groups in total. The van der Waals surface area contributed by atoms with Crippen molar-refractivity contribution in [1.29, 1.82) is 0 Å². The molecule has 0 saturated carbocycles. The van der Waals surface area contributed by atoms with Crippen molar-refractivity contribution in [2.75, 3.05) is 0 Å². The summed E-state index contributed by atoms with van der Waals surface area (Å²) in [5.41, 5.74) is 0.673. The molecule has 0 aliphatic carbocycles. The van der Waals surface area contributed by atoms with Gasteiger partial charge in [-0.1, -0.05) is 0 Å². The molecule has 3 rings (SSSR count). The maximum atomic E-state index is 12.0. The predicted octanol–water partition coefficient (Wildman–Crippen LogP) is 3.11. The number of carbonyl (C=O) groups excluding carboxylic acids is 1. The number of aromatic nitrogens is 2. The van der Waals surface area contributed by atoms with Crippen molar-refractivity contribution in [2.24, 2.45) is 17.3 Å². The molecule has 1 amide bonds. The highest BCUT2D eigenvalue weighted by Gasteiger charge is 2.18. The van der Waals surface area contributed by atoms with Crippen LogP contribution in [0, 0.1) is 10.1 Å². The van der Waals surface area contributed by atoms with Gasteiger partial charge in [0.25, 0.3) is 11.6 Å². The third kappa shape index (κ3) is 2.58. The van der Waals surface area contributed by atoms with E-state index in [-0.39, 0.29) is 17.3 Å². The topological polar surface area (TPSA) is 123 Å². The molecule has 9 heteroatoms. The molecule has 0 saturated heterocycles. The average molecular weight is 325 g/mol. The van der Waals surface area contributed by atoms with Crippen LogP contribution in [0.4, 0.5) is 11.4 Å². The number of nitrogens with zero attached hydrogens (tertiary/aromatic N) is 5. The highest BCUT2D eigenvalue weighted by molar-refractivity contribution is 5.98. The van der Waals surface area contributed by atoms with Crippen LogP contribution >= 0.6 is 0 Å². The highest BCUT2D eigenvalue weighted by atomic mass is 16.6. The van der Waals surface area contributed by atoms with Gasteiger partial charge in [0.05, 0.1) is 10.4 Å². The van der Waals surface area contributed by atoms with Gasteiger partial charge in [0.1, 0.15) is 0 Å². The smallest absolute Gasteiger partial charge is 0.295 e. The first-order valence-corrected chi connectivity index (χ1v) is 6.81. The highest BCUT2D eigenvalue weighted by Crippen LogP contribution is 2.39. The molecule has 0 fully saturated rings. The van der Waals surface area contributed by atoms with Crippen LogP contribution in [0.1, 0.15) is 10.4 Å². The first kappa shape index (κ1) is 15.3. The Hall–Kier alpha value is -3.62. The van der Waals surface area contributed by atoms with Crippen LogP contribution < -0.4 is 0 Å². The normalized spacial score (nSPS) is 11.2. The second-order valence-corrected chi connectivity index (χ2v) is 4.93. The van der Waals surface area contributed by atoms with E-state index in [1.807, 2.05) is 0 Å². The molecule has 1 aromatic carbocycles. The number of amides is 1. The minimum absolute atomic E-state index is 0.00129. The second kappa shape index (κ2) is 5.88. The van der Waals surface area contributed by atoms with Crippen LogP contribution in [-0.4, -0.2) is 25.5 Å². The molecule has 2 heterocycles. The molecule has 120 valence electrons. The average Bonchev–Trinajstić information content (AvgIpc) is 2.84. The number of rotatable bonds is 3. The van der Waals surface area contributed by atoms with Crippen molar-refractivity contribution in [3.8, 4) is 5.88 Å². The Kier molecular flexibility index (Phi) is 3.74. The van der Waals surface area contributed by atoms with Gasteiger partial charge in [-0.15, -0.1) is 10.2 Å². The molecule has 0 spiro atoms. The van der Waals surface area contributed by atoms with E-state index in [1.54, 1.807) is 7.05 Å². The van der Waals surface area contributed by atoms with Gasteiger partial charge >= 0.3 is 0 Å². The summed E-state index contributed by atoms with van der Waals surface area (Å²) in [4.78, 5) is 26.1. The van der Waals surface area contributed by atoms with Crippen LogP contribution in [0.2, 0.25) is 0 Å². The van der Waals surface area contributed by atoms with E-state index in [4.69, 9.17) is 0 Å². The zero-order valence-electron chi connectivity index (χ0n) is 12.4. The Labute approximate surface area is 135 Å². The van der Waals surface area contributed by atoms with Gasteiger partial charge < -0.3 is 9.67 Å². The largest absolute Gasteiger partial charge is 0.493 e. The van der Waals surface area contributed by atoms with Gasteiger partial charge in [0.2, 0.25) is 5.88 Å². The Morgan fingerprint density at radius 1 is 1.29 bits per heavy atom. The van der Waals surface area contributed by atoms with Gasteiger partial charge in [-0.05, 0) is 18.2 Å². The lowest BCUT2D eigenvalue weighted by Gasteiger charge is -1.96. The number of fused-ring (bicyclic) bond motifs is 1. The summed E-state index contributed by atoms with van der Waals surface area (Å²) in [6, 6.07) is 7.06. The Bertz CT molecular complexity index is 978. The van der Waals surface area contributed by atoms with Crippen LogP contribution in [-0.2, 0) is 7.05 Å². The summed E-state index contributed by atoms with van der Waals surface area (Å²) in [5, 5.41) is 28.8. The first-order chi connectivity index (χ1) is 11.5. The van der Waals surface area contributed by atoms with Crippen molar-refractivity contribution in [2.45, 2.75) is 0 Å². The van der Waals surface area contributed by atoms with Gasteiger partial charge in [-0.2, -0.15) is 0 Å². The quantitative estimate of drug-likeness (QED) is 0.450. The molecule has 9 nitrogen and oxygen atoms in total. The van der Waals surface area contributed by atoms with E-state index in [9.17, 15) is 20.0 Å². The maximum absolute atomic E-state index is 12.0. The standard InChI is InChI=1S/C15H11N5O4/c1-19-12-3-2-10(20(23)24)8-11(12)13(15(19)22)17-18-14(21)9-4-6-16-7-5-9/h2-8,22H,1H3. The zero-order chi connectivity index (χ0) is 17.3. The Balaban J connectivity index is 2.07. The van der Waals surface area contributed by atoms with E-state index in [0.29, 0.717) is 16.5 Å². The molecule has 0 atom stereocenters. The lowest BCUT2D eigenvalue weighted by Crippen LogP contribution is -1.92. The number of azo groups is 1. The number of hydrogen-bond acceptors (Lipinski definition) is 6. The fourth-order valence-electron chi connectivity index (χ4n) is 2.26. The number of benzene rings is 1. The molecule has 0 aliphatic rings. The fourth-order valence-corrected chi connectivity index (χ4v) is 2.26. The van der Waals surface area contributed by atoms with Crippen LogP contribution in [0.15, 0.2) is 53.0 Å². The van der Waals surface area contributed by atoms with Crippen molar-refractivity contribution in [3.05, 3.63) is 58.4 Å². The van der Waals surface area contributed by atoms with E-state index >= 15 is 0 Å². The number of carbonyl (C=O) groups is 1. The Morgan fingerprint density at radius 2 is 2.00 bits per heavy atom.